The van der Waals surface area contributed by atoms with E-state index in [1.165, 1.54) is 42.1 Å². The molecular formula is C16H18FN3O3. The Balaban J connectivity index is 2.41. The molecule has 2 aromatic rings. The first-order chi connectivity index (χ1) is 11.1. The first-order valence-corrected chi connectivity index (χ1v) is 7.29. The lowest BCUT2D eigenvalue weighted by molar-refractivity contribution is 0.0945. The van der Waals surface area contributed by atoms with E-state index >= 15 is 0 Å². The lowest BCUT2D eigenvalue weighted by atomic mass is 10.3. The fourth-order valence-corrected chi connectivity index (χ4v) is 1.97. The van der Waals surface area contributed by atoms with Crippen LogP contribution in [0.5, 0.6) is 5.88 Å². The van der Waals surface area contributed by atoms with Gasteiger partial charge in [-0.2, -0.15) is 5.10 Å². The molecule has 0 radical (unpaired) electrons. The topological polar surface area (TPSA) is 73.2 Å². The summed E-state index contributed by atoms with van der Waals surface area (Å²) in [5.41, 5.74) is -0.286. The number of halogens is 1. The number of nitrogens with zero attached hydrogens (tertiary/aromatic N) is 2. The molecule has 0 saturated heterocycles. The molecule has 0 unspecified atom stereocenters. The maximum absolute atomic E-state index is 13.1. The molecule has 0 atom stereocenters. The summed E-state index contributed by atoms with van der Waals surface area (Å²) in [6.45, 7) is 2.47. The van der Waals surface area contributed by atoms with Gasteiger partial charge in [-0.3, -0.25) is 9.59 Å². The van der Waals surface area contributed by atoms with Gasteiger partial charge in [0, 0.05) is 6.54 Å². The summed E-state index contributed by atoms with van der Waals surface area (Å²) in [4.78, 5) is 24.1. The molecule has 0 spiro atoms. The number of methoxy groups -OCH3 is 1. The van der Waals surface area contributed by atoms with Crippen LogP contribution in [-0.4, -0.2) is 29.3 Å². The third-order valence-electron chi connectivity index (χ3n) is 3.21. The molecule has 1 heterocycles. The molecule has 0 fully saturated rings. The van der Waals surface area contributed by atoms with Crippen molar-refractivity contribution < 1.29 is 13.9 Å². The number of rotatable bonds is 6. The molecule has 0 aliphatic carbocycles. The van der Waals surface area contributed by atoms with Gasteiger partial charge in [0.2, 0.25) is 11.3 Å². The van der Waals surface area contributed by atoms with E-state index in [9.17, 15) is 14.0 Å². The third-order valence-corrected chi connectivity index (χ3v) is 3.21. The van der Waals surface area contributed by atoms with E-state index in [1.54, 1.807) is 0 Å². The smallest absolute Gasteiger partial charge is 0.275 e. The second kappa shape index (κ2) is 7.53. The lowest BCUT2D eigenvalue weighted by Crippen LogP contribution is -2.32. The Hall–Kier alpha value is -2.70. The van der Waals surface area contributed by atoms with Crippen LogP contribution >= 0.6 is 0 Å². The average Bonchev–Trinajstić information content (AvgIpc) is 2.55. The number of hydrogen-bond acceptors (Lipinski definition) is 4. The van der Waals surface area contributed by atoms with Gasteiger partial charge in [-0.15, -0.1) is 0 Å². The van der Waals surface area contributed by atoms with E-state index in [2.05, 4.69) is 10.4 Å². The van der Waals surface area contributed by atoms with Gasteiger partial charge in [0.1, 0.15) is 5.82 Å². The maximum atomic E-state index is 13.1. The van der Waals surface area contributed by atoms with Gasteiger partial charge in [0.15, 0.2) is 5.69 Å². The summed E-state index contributed by atoms with van der Waals surface area (Å²) < 4.78 is 19.5. The maximum Gasteiger partial charge on any atom is 0.275 e. The normalized spacial score (nSPS) is 10.4. The number of hydrogen-bond donors (Lipinski definition) is 1. The Labute approximate surface area is 132 Å². The number of unbranched alkanes of at least 4 members (excludes halogenated alkanes) is 1. The predicted molar refractivity (Wildman–Crippen MR) is 83.6 cm³/mol. The summed E-state index contributed by atoms with van der Waals surface area (Å²) in [5.74, 6) is -0.778. The van der Waals surface area contributed by atoms with E-state index in [-0.39, 0.29) is 11.6 Å². The van der Waals surface area contributed by atoms with Crippen molar-refractivity contribution in [2.45, 2.75) is 19.8 Å². The molecule has 6 nitrogen and oxygen atoms in total. The number of amides is 1. The van der Waals surface area contributed by atoms with Crippen LogP contribution in [0, 0.1) is 5.82 Å². The van der Waals surface area contributed by atoms with Crippen LogP contribution in [0.1, 0.15) is 30.3 Å². The second-order valence-electron chi connectivity index (χ2n) is 4.90. The lowest BCUT2D eigenvalue weighted by Gasteiger charge is -2.12. The van der Waals surface area contributed by atoms with Crippen molar-refractivity contribution in [3.05, 3.63) is 52.1 Å². The summed E-state index contributed by atoms with van der Waals surface area (Å²) in [7, 11) is 1.39. The Kier molecular flexibility index (Phi) is 5.46. The van der Waals surface area contributed by atoms with E-state index in [0.29, 0.717) is 12.2 Å². The summed E-state index contributed by atoms with van der Waals surface area (Å²) in [6, 6.07) is 6.67. The molecule has 0 bridgehead atoms. The molecule has 7 heteroatoms. The summed E-state index contributed by atoms with van der Waals surface area (Å²) in [5, 5.41) is 6.72. The van der Waals surface area contributed by atoms with Crippen molar-refractivity contribution in [1.29, 1.82) is 0 Å². The number of carbonyl (C=O) groups is 1. The average molecular weight is 319 g/mol. The molecule has 1 N–H and O–H groups in total. The Morgan fingerprint density at radius 2 is 2.04 bits per heavy atom. The third kappa shape index (κ3) is 3.94. The number of nitrogens with one attached hydrogen (secondary N) is 1. The minimum absolute atomic E-state index is 0.159. The Morgan fingerprint density at radius 1 is 1.35 bits per heavy atom. The minimum Gasteiger partial charge on any atom is -0.481 e. The van der Waals surface area contributed by atoms with E-state index in [1.807, 2.05) is 6.92 Å². The molecular weight excluding hydrogens is 301 g/mol. The van der Waals surface area contributed by atoms with Crippen molar-refractivity contribution in [2.75, 3.05) is 13.7 Å². The van der Waals surface area contributed by atoms with Crippen molar-refractivity contribution in [3.8, 4) is 11.6 Å². The van der Waals surface area contributed by atoms with Gasteiger partial charge in [-0.1, -0.05) is 13.3 Å². The first kappa shape index (κ1) is 16.7. The van der Waals surface area contributed by atoms with Crippen LogP contribution in [0.2, 0.25) is 0 Å². The minimum atomic E-state index is -0.540. The Morgan fingerprint density at radius 3 is 2.65 bits per heavy atom. The van der Waals surface area contributed by atoms with Crippen molar-refractivity contribution in [2.24, 2.45) is 0 Å². The van der Waals surface area contributed by atoms with Crippen LogP contribution in [0.4, 0.5) is 4.39 Å². The van der Waals surface area contributed by atoms with Crippen LogP contribution in [0.3, 0.4) is 0 Å². The fraction of sp³-hybridized carbons (Fsp3) is 0.312. The van der Waals surface area contributed by atoms with Crippen LogP contribution in [0.15, 0.2) is 35.1 Å². The van der Waals surface area contributed by atoms with E-state index < -0.39 is 17.2 Å². The quantitative estimate of drug-likeness (QED) is 0.826. The zero-order valence-corrected chi connectivity index (χ0v) is 13.0. The highest BCUT2D eigenvalue weighted by molar-refractivity contribution is 5.92. The SMILES string of the molecule is CCCCNC(=O)c1nn(-c2ccc(F)cc2)c(OC)cc1=O. The molecule has 23 heavy (non-hydrogen) atoms. The summed E-state index contributed by atoms with van der Waals surface area (Å²) in [6.07, 6.45) is 1.74. The zero-order chi connectivity index (χ0) is 16.8. The number of carbonyl (C=O) groups excluding carboxylic acids is 1. The monoisotopic (exact) mass is 319 g/mol. The van der Waals surface area contributed by atoms with Crippen molar-refractivity contribution in [3.63, 3.8) is 0 Å². The first-order valence-electron chi connectivity index (χ1n) is 7.29. The molecule has 0 saturated carbocycles. The number of benzene rings is 1. The largest absolute Gasteiger partial charge is 0.481 e. The van der Waals surface area contributed by atoms with Gasteiger partial charge in [0.05, 0.1) is 18.9 Å². The molecule has 1 aromatic heterocycles. The van der Waals surface area contributed by atoms with Gasteiger partial charge in [-0.25, -0.2) is 9.07 Å². The van der Waals surface area contributed by atoms with Crippen LogP contribution in [0.25, 0.3) is 5.69 Å². The highest BCUT2D eigenvalue weighted by Crippen LogP contribution is 2.15. The summed E-state index contributed by atoms with van der Waals surface area (Å²) >= 11 is 0. The van der Waals surface area contributed by atoms with Gasteiger partial charge in [-0.05, 0) is 30.7 Å². The fourth-order valence-electron chi connectivity index (χ4n) is 1.97. The molecule has 2 rings (SSSR count). The highest BCUT2D eigenvalue weighted by atomic mass is 19.1. The van der Waals surface area contributed by atoms with Crippen molar-refractivity contribution >= 4 is 5.91 Å². The molecule has 0 aliphatic rings. The highest BCUT2D eigenvalue weighted by Gasteiger charge is 2.16. The van der Waals surface area contributed by atoms with E-state index in [0.717, 1.165) is 12.8 Å². The van der Waals surface area contributed by atoms with Crippen LogP contribution < -0.4 is 15.5 Å². The van der Waals surface area contributed by atoms with Gasteiger partial charge >= 0.3 is 0 Å². The number of ether oxygens (including phenoxy) is 1. The second-order valence-corrected chi connectivity index (χ2v) is 4.90. The van der Waals surface area contributed by atoms with Crippen molar-refractivity contribution in [1.82, 2.24) is 15.1 Å². The van der Waals surface area contributed by atoms with Crippen LogP contribution in [-0.2, 0) is 0 Å². The number of aromatic nitrogens is 2. The molecule has 1 amide bonds. The molecule has 1 aromatic carbocycles. The standard InChI is InChI=1S/C16H18FN3O3/c1-3-4-9-18-16(22)15-13(21)10-14(23-2)20(19-15)12-7-5-11(17)6-8-12/h5-8,10H,3-4,9H2,1-2H3,(H,18,22). The van der Waals surface area contributed by atoms with Gasteiger partial charge < -0.3 is 10.1 Å². The van der Waals surface area contributed by atoms with E-state index in [4.69, 9.17) is 4.74 Å². The zero-order valence-electron chi connectivity index (χ0n) is 13.0. The van der Waals surface area contributed by atoms with Gasteiger partial charge in [0.25, 0.3) is 5.91 Å². The Bertz CT molecular complexity index is 741. The molecule has 0 aliphatic heterocycles. The predicted octanol–water partition coefficient (Wildman–Crippen LogP) is 1.91. The molecule has 122 valence electrons.